The molecule has 0 unspecified atom stereocenters. The highest BCUT2D eigenvalue weighted by Crippen LogP contribution is 2.15. The van der Waals surface area contributed by atoms with Crippen molar-refractivity contribution in [1.82, 2.24) is 4.98 Å². The van der Waals surface area contributed by atoms with E-state index in [1.165, 1.54) is 0 Å². The molecule has 0 aliphatic heterocycles. The lowest BCUT2D eigenvalue weighted by Crippen LogP contribution is -1.97. The smallest absolute Gasteiger partial charge is 0.349 e. The monoisotopic (exact) mass is 195 g/mol. The number of rotatable bonds is 1. The fourth-order valence-electron chi connectivity index (χ4n) is 1.22. The van der Waals surface area contributed by atoms with E-state index in [9.17, 15) is 4.79 Å². The number of benzene rings is 1. The first kappa shape index (κ1) is 8.13. The zero-order valence-electron chi connectivity index (χ0n) is 6.58. The van der Waals surface area contributed by atoms with Gasteiger partial charge in [0.1, 0.15) is 17.6 Å². The fraction of sp³-hybridized carbons (Fsp3) is 0. The highest BCUT2D eigenvalue weighted by Gasteiger charge is 2.09. The van der Waals surface area contributed by atoms with Gasteiger partial charge in [0.05, 0.1) is 0 Å². The summed E-state index contributed by atoms with van der Waals surface area (Å²) in [7, 11) is 0. The second-order valence-corrected chi connectivity index (χ2v) is 2.79. The number of aromatic amines is 1. The maximum atomic E-state index is 11.0. The van der Waals surface area contributed by atoms with E-state index < -0.39 is 5.97 Å². The minimum Gasteiger partial charge on any atom is -0.349 e. The molecule has 0 saturated carbocycles. The van der Waals surface area contributed by atoms with Gasteiger partial charge in [0.15, 0.2) is 0 Å². The van der Waals surface area contributed by atoms with Gasteiger partial charge in [-0.05, 0) is 12.1 Å². The number of hydrogen-bond donors (Lipinski definition) is 1. The average Bonchev–Trinajstić information content (AvgIpc) is 2.59. The molecule has 0 atom stereocenters. The minimum atomic E-state index is -0.571. The van der Waals surface area contributed by atoms with Crippen molar-refractivity contribution in [3.05, 3.63) is 36.0 Å². The number of H-pyrrole nitrogens is 1. The van der Waals surface area contributed by atoms with Crippen LogP contribution in [0.2, 0.25) is 0 Å². The van der Waals surface area contributed by atoms with Crippen LogP contribution in [0.1, 0.15) is 10.5 Å². The molecule has 66 valence electrons. The molecule has 0 amide bonds. The third-order valence-electron chi connectivity index (χ3n) is 1.82. The largest absolute Gasteiger partial charge is 0.372 e. The molecule has 4 heteroatoms. The minimum absolute atomic E-state index is 0.358. The third kappa shape index (κ3) is 1.38. The Bertz CT molecular complexity index is 417. The van der Waals surface area contributed by atoms with Gasteiger partial charge in [-0.1, -0.05) is 18.2 Å². The maximum Gasteiger partial charge on any atom is 0.372 e. The summed E-state index contributed by atoms with van der Waals surface area (Å²) in [6.45, 7) is 0. The van der Waals surface area contributed by atoms with E-state index in [0.29, 0.717) is 5.69 Å². The molecule has 0 spiro atoms. The van der Waals surface area contributed by atoms with Crippen molar-refractivity contribution in [1.29, 1.82) is 0 Å². The van der Waals surface area contributed by atoms with Gasteiger partial charge in [0, 0.05) is 10.9 Å². The van der Waals surface area contributed by atoms with Crippen LogP contribution in [-0.2, 0) is 4.29 Å². The molecule has 0 saturated heterocycles. The number of hydrogen-bond acceptors (Lipinski definition) is 2. The molecule has 1 aromatic heterocycles. The standard InChI is InChI=1S/C9H6ClNO2/c10-13-9(12)8-5-6-3-1-2-4-7(6)11-8/h1-5,11H. The van der Waals surface area contributed by atoms with Crippen LogP contribution >= 0.6 is 11.9 Å². The Kier molecular flexibility index (Phi) is 1.94. The molecule has 2 rings (SSSR count). The summed E-state index contributed by atoms with van der Waals surface area (Å²) in [5.74, 6) is -0.571. The van der Waals surface area contributed by atoms with Crippen LogP contribution in [0.15, 0.2) is 30.3 Å². The molecule has 0 radical (unpaired) electrons. The molecule has 0 aliphatic rings. The van der Waals surface area contributed by atoms with E-state index in [4.69, 9.17) is 11.9 Å². The zero-order valence-corrected chi connectivity index (χ0v) is 7.34. The van der Waals surface area contributed by atoms with Crippen LogP contribution in [0.5, 0.6) is 0 Å². The molecular weight excluding hydrogens is 190 g/mol. The van der Waals surface area contributed by atoms with Crippen molar-refractivity contribution in [3.63, 3.8) is 0 Å². The topological polar surface area (TPSA) is 42.1 Å². The van der Waals surface area contributed by atoms with Crippen LogP contribution in [0, 0.1) is 0 Å². The average molecular weight is 196 g/mol. The quantitative estimate of drug-likeness (QED) is 0.760. The lowest BCUT2D eigenvalue weighted by molar-refractivity contribution is 0.0746. The maximum absolute atomic E-state index is 11.0. The van der Waals surface area contributed by atoms with Crippen molar-refractivity contribution in [2.45, 2.75) is 0 Å². The fourth-order valence-corrected chi connectivity index (χ4v) is 1.31. The Hall–Kier alpha value is -1.48. The Morgan fingerprint density at radius 2 is 2.15 bits per heavy atom. The number of halogens is 1. The Morgan fingerprint density at radius 1 is 1.38 bits per heavy atom. The summed E-state index contributed by atoms with van der Waals surface area (Å²) in [6, 6.07) is 9.25. The summed E-state index contributed by atoms with van der Waals surface area (Å²) in [4.78, 5) is 13.9. The summed E-state index contributed by atoms with van der Waals surface area (Å²) in [6.07, 6.45) is 0. The Labute approximate surface area is 79.4 Å². The Morgan fingerprint density at radius 3 is 2.85 bits per heavy atom. The van der Waals surface area contributed by atoms with Gasteiger partial charge in [0.25, 0.3) is 0 Å². The number of carbonyl (C=O) groups is 1. The van der Waals surface area contributed by atoms with Gasteiger partial charge in [0.2, 0.25) is 0 Å². The summed E-state index contributed by atoms with van der Waals surface area (Å²) >= 11 is 4.94. The molecule has 1 heterocycles. The van der Waals surface area contributed by atoms with Crippen LogP contribution in [-0.4, -0.2) is 11.0 Å². The summed E-state index contributed by atoms with van der Waals surface area (Å²) in [5, 5.41) is 0.958. The van der Waals surface area contributed by atoms with Crippen LogP contribution in [0.4, 0.5) is 0 Å². The van der Waals surface area contributed by atoms with E-state index in [1.54, 1.807) is 6.07 Å². The SMILES string of the molecule is O=C(OCl)c1cc2ccccc2[nH]1. The van der Waals surface area contributed by atoms with Gasteiger partial charge in [-0.25, -0.2) is 4.79 Å². The van der Waals surface area contributed by atoms with Crippen LogP contribution in [0.25, 0.3) is 10.9 Å². The molecular formula is C9H6ClNO2. The molecule has 2 aromatic rings. The van der Waals surface area contributed by atoms with Crippen molar-refractivity contribution >= 4 is 28.7 Å². The van der Waals surface area contributed by atoms with E-state index in [0.717, 1.165) is 10.9 Å². The molecule has 0 fully saturated rings. The predicted molar refractivity (Wildman–Crippen MR) is 49.6 cm³/mol. The van der Waals surface area contributed by atoms with E-state index in [-0.39, 0.29) is 0 Å². The highest BCUT2D eigenvalue weighted by atomic mass is 35.5. The number of para-hydroxylation sites is 1. The predicted octanol–water partition coefficient (Wildman–Crippen LogP) is 2.48. The first-order valence-corrected chi connectivity index (χ1v) is 4.03. The molecule has 1 N–H and O–H groups in total. The molecule has 0 aliphatic carbocycles. The van der Waals surface area contributed by atoms with Crippen molar-refractivity contribution in [2.75, 3.05) is 0 Å². The summed E-state index contributed by atoms with van der Waals surface area (Å²) in [5.41, 5.74) is 1.25. The lowest BCUT2D eigenvalue weighted by atomic mass is 10.2. The number of carbonyl (C=O) groups excluding carboxylic acids is 1. The lowest BCUT2D eigenvalue weighted by Gasteiger charge is -1.88. The number of nitrogens with one attached hydrogen (secondary N) is 1. The van der Waals surface area contributed by atoms with Crippen molar-refractivity contribution < 1.29 is 9.08 Å². The van der Waals surface area contributed by atoms with Gasteiger partial charge in [-0.3, -0.25) is 0 Å². The van der Waals surface area contributed by atoms with Gasteiger partial charge in [-0.2, -0.15) is 0 Å². The van der Waals surface area contributed by atoms with Gasteiger partial charge in [-0.15, -0.1) is 0 Å². The normalized spacial score (nSPS) is 10.2. The van der Waals surface area contributed by atoms with Gasteiger partial charge >= 0.3 is 5.97 Å². The molecule has 0 bridgehead atoms. The second kappa shape index (κ2) is 3.11. The third-order valence-corrected chi connectivity index (χ3v) is 1.96. The van der Waals surface area contributed by atoms with Crippen molar-refractivity contribution in [2.24, 2.45) is 0 Å². The number of aromatic nitrogens is 1. The molecule has 3 nitrogen and oxygen atoms in total. The van der Waals surface area contributed by atoms with E-state index in [1.807, 2.05) is 24.3 Å². The first-order valence-electron chi connectivity index (χ1n) is 3.72. The van der Waals surface area contributed by atoms with Crippen molar-refractivity contribution in [3.8, 4) is 0 Å². The van der Waals surface area contributed by atoms with Gasteiger partial charge < -0.3 is 9.27 Å². The van der Waals surface area contributed by atoms with E-state index in [2.05, 4.69) is 9.27 Å². The first-order chi connectivity index (χ1) is 6.31. The molecule has 13 heavy (non-hydrogen) atoms. The number of fused-ring (bicyclic) bond motifs is 1. The summed E-state index contributed by atoms with van der Waals surface area (Å²) < 4.78 is 4.07. The molecule has 1 aromatic carbocycles. The van der Waals surface area contributed by atoms with Crippen LogP contribution < -0.4 is 0 Å². The second-order valence-electron chi connectivity index (χ2n) is 2.63. The Balaban J connectivity index is 2.56. The van der Waals surface area contributed by atoms with Crippen LogP contribution in [0.3, 0.4) is 0 Å². The zero-order chi connectivity index (χ0) is 9.26. The highest BCUT2D eigenvalue weighted by molar-refractivity contribution is 6.16. The van der Waals surface area contributed by atoms with E-state index >= 15 is 0 Å².